The van der Waals surface area contributed by atoms with E-state index in [1.54, 1.807) is 55.5 Å². The second-order valence-electron chi connectivity index (χ2n) is 7.76. The van der Waals surface area contributed by atoms with Crippen LogP contribution in [0.4, 0.5) is 0 Å². The first kappa shape index (κ1) is 26.7. The summed E-state index contributed by atoms with van der Waals surface area (Å²) in [5.74, 6) is 1.18. The van der Waals surface area contributed by atoms with Crippen molar-refractivity contribution in [1.82, 2.24) is 5.43 Å². The van der Waals surface area contributed by atoms with Gasteiger partial charge in [-0.1, -0.05) is 40.9 Å². The van der Waals surface area contributed by atoms with Gasteiger partial charge in [0.05, 0.1) is 13.3 Å². The Morgan fingerprint density at radius 1 is 1.03 bits per heavy atom. The van der Waals surface area contributed by atoms with Crippen LogP contribution in [0.15, 0.2) is 53.6 Å². The molecule has 0 saturated carbocycles. The minimum absolute atomic E-state index is 0.183. The first-order valence-electron chi connectivity index (χ1n) is 10.7. The summed E-state index contributed by atoms with van der Waals surface area (Å²) < 4.78 is 17.0. The fourth-order valence-corrected chi connectivity index (χ4v) is 3.81. The van der Waals surface area contributed by atoms with Gasteiger partial charge in [-0.2, -0.15) is 5.10 Å². The van der Waals surface area contributed by atoms with E-state index < -0.39 is 12.0 Å². The Morgan fingerprint density at radius 3 is 2.31 bits per heavy atom. The first-order chi connectivity index (χ1) is 16.7. The molecule has 0 spiro atoms. The topological polar surface area (TPSA) is 69.2 Å². The Hall–Kier alpha value is -2.93. The van der Waals surface area contributed by atoms with Crippen LogP contribution in [-0.4, -0.2) is 25.3 Å². The number of benzene rings is 3. The maximum absolute atomic E-state index is 12.4. The van der Waals surface area contributed by atoms with Crippen molar-refractivity contribution in [1.29, 1.82) is 0 Å². The highest BCUT2D eigenvalue weighted by atomic mass is 35.5. The number of carbonyl (C=O) groups excluding carboxylic acids is 1. The SMILES string of the molecule is COc1cc(/C=N/NC(=O)C(C)Oc2cc(C)c(Cl)c(C)c2)ccc1OCc1c(Cl)cccc1Cl. The molecule has 0 aliphatic heterocycles. The fraction of sp³-hybridized carbons (Fsp3) is 0.231. The van der Waals surface area contributed by atoms with E-state index in [-0.39, 0.29) is 6.61 Å². The summed E-state index contributed by atoms with van der Waals surface area (Å²) in [5.41, 5.74) is 5.62. The van der Waals surface area contributed by atoms with Crippen LogP contribution in [0.5, 0.6) is 17.2 Å². The lowest BCUT2D eigenvalue weighted by Gasteiger charge is -2.15. The number of ether oxygens (including phenoxy) is 3. The lowest BCUT2D eigenvalue weighted by Crippen LogP contribution is -2.33. The van der Waals surface area contributed by atoms with Crippen molar-refractivity contribution in [2.24, 2.45) is 5.10 Å². The van der Waals surface area contributed by atoms with Crippen molar-refractivity contribution in [3.63, 3.8) is 0 Å². The Balaban J connectivity index is 1.60. The molecule has 0 aromatic heterocycles. The number of nitrogens with zero attached hydrogens (tertiary/aromatic N) is 1. The van der Waals surface area contributed by atoms with E-state index in [2.05, 4.69) is 10.5 Å². The number of hydrogen-bond donors (Lipinski definition) is 1. The Bertz CT molecular complexity index is 1200. The van der Waals surface area contributed by atoms with Gasteiger partial charge in [-0.05, 0) is 79.9 Å². The van der Waals surface area contributed by atoms with E-state index in [1.165, 1.54) is 13.3 Å². The molecular formula is C26H25Cl3N2O4. The van der Waals surface area contributed by atoms with Crippen LogP contribution in [0.2, 0.25) is 15.1 Å². The second-order valence-corrected chi connectivity index (χ2v) is 8.96. The van der Waals surface area contributed by atoms with Crippen molar-refractivity contribution in [2.45, 2.75) is 33.5 Å². The number of nitrogens with one attached hydrogen (secondary N) is 1. The summed E-state index contributed by atoms with van der Waals surface area (Å²) in [6.45, 7) is 5.59. The third-order valence-corrected chi connectivity index (χ3v) is 6.41. The lowest BCUT2D eigenvalue weighted by atomic mass is 10.1. The molecule has 0 aliphatic rings. The highest BCUT2D eigenvalue weighted by Crippen LogP contribution is 2.31. The molecule has 1 amide bonds. The molecule has 1 unspecified atom stereocenters. The highest BCUT2D eigenvalue weighted by Gasteiger charge is 2.15. The molecule has 3 aromatic rings. The number of carbonyl (C=O) groups is 1. The number of rotatable bonds is 9. The van der Waals surface area contributed by atoms with Gasteiger partial charge in [0, 0.05) is 20.6 Å². The molecule has 3 rings (SSSR count). The molecular weight excluding hydrogens is 511 g/mol. The van der Waals surface area contributed by atoms with Crippen LogP contribution in [0.1, 0.15) is 29.2 Å². The number of amides is 1. The predicted octanol–water partition coefficient (Wildman–Crippen LogP) is 6.77. The number of hydrazone groups is 1. The Labute approximate surface area is 219 Å². The van der Waals surface area contributed by atoms with Crippen molar-refractivity contribution in [3.8, 4) is 17.2 Å². The van der Waals surface area contributed by atoms with E-state index in [0.717, 1.165) is 11.1 Å². The van der Waals surface area contributed by atoms with Gasteiger partial charge in [0.2, 0.25) is 0 Å². The molecule has 0 aliphatic carbocycles. The smallest absolute Gasteiger partial charge is 0.280 e. The second kappa shape index (κ2) is 12.2. The van der Waals surface area contributed by atoms with Crippen molar-refractivity contribution < 1.29 is 19.0 Å². The van der Waals surface area contributed by atoms with Gasteiger partial charge in [-0.3, -0.25) is 4.79 Å². The van der Waals surface area contributed by atoms with Crippen molar-refractivity contribution in [3.05, 3.63) is 85.9 Å². The first-order valence-corrected chi connectivity index (χ1v) is 11.8. The zero-order valence-electron chi connectivity index (χ0n) is 19.7. The summed E-state index contributed by atoms with van der Waals surface area (Å²) in [5, 5.41) is 5.74. The van der Waals surface area contributed by atoms with E-state index in [1.807, 2.05) is 13.8 Å². The van der Waals surface area contributed by atoms with Gasteiger partial charge < -0.3 is 14.2 Å². The lowest BCUT2D eigenvalue weighted by molar-refractivity contribution is -0.127. The third-order valence-electron chi connectivity index (χ3n) is 5.10. The monoisotopic (exact) mass is 534 g/mol. The van der Waals surface area contributed by atoms with Crippen molar-refractivity contribution in [2.75, 3.05) is 7.11 Å². The minimum Gasteiger partial charge on any atom is -0.493 e. The molecule has 35 heavy (non-hydrogen) atoms. The summed E-state index contributed by atoms with van der Waals surface area (Å²) in [4.78, 5) is 12.4. The van der Waals surface area contributed by atoms with Gasteiger partial charge in [0.25, 0.3) is 5.91 Å². The molecule has 0 fully saturated rings. The zero-order chi connectivity index (χ0) is 25.5. The average molecular weight is 536 g/mol. The fourth-order valence-electron chi connectivity index (χ4n) is 3.20. The number of aryl methyl sites for hydroxylation is 2. The molecule has 1 N–H and O–H groups in total. The van der Waals surface area contributed by atoms with E-state index in [0.29, 0.717) is 43.4 Å². The van der Waals surface area contributed by atoms with E-state index >= 15 is 0 Å². The molecule has 1 atom stereocenters. The summed E-state index contributed by atoms with van der Waals surface area (Å²) in [6.07, 6.45) is 0.743. The van der Waals surface area contributed by atoms with Crippen LogP contribution < -0.4 is 19.6 Å². The molecule has 0 heterocycles. The zero-order valence-corrected chi connectivity index (χ0v) is 22.0. The molecule has 3 aromatic carbocycles. The number of halogens is 3. The van der Waals surface area contributed by atoms with Crippen LogP contribution in [-0.2, 0) is 11.4 Å². The summed E-state index contributed by atoms with van der Waals surface area (Å²) in [7, 11) is 1.53. The molecule has 9 heteroatoms. The average Bonchev–Trinajstić information content (AvgIpc) is 2.82. The number of methoxy groups -OCH3 is 1. The van der Waals surface area contributed by atoms with E-state index in [9.17, 15) is 4.79 Å². The third kappa shape index (κ3) is 7.04. The minimum atomic E-state index is -0.755. The van der Waals surface area contributed by atoms with Gasteiger partial charge in [-0.25, -0.2) is 5.43 Å². The molecule has 6 nitrogen and oxygen atoms in total. The van der Waals surface area contributed by atoms with Gasteiger partial charge >= 0.3 is 0 Å². The normalized spacial score (nSPS) is 11.9. The van der Waals surface area contributed by atoms with Crippen LogP contribution in [0.3, 0.4) is 0 Å². The van der Waals surface area contributed by atoms with Crippen LogP contribution >= 0.6 is 34.8 Å². The van der Waals surface area contributed by atoms with Gasteiger partial charge in [0.15, 0.2) is 17.6 Å². The Morgan fingerprint density at radius 2 is 1.69 bits per heavy atom. The largest absolute Gasteiger partial charge is 0.493 e. The standard InChI is InChI=1S/C26H25Cl3N2O4/c1-15-10-19(11-16(2)25(15)29)35-17(3)26(32)31-30-13-18-8-9-23(24(12-18)33-4)34-14-20-21(27)6-5-7-22(20)28/h5-13,17H,14H2,1-4H3,(H,31,32)/b30-13+. The number of hydrogen-bond acceptors (Lipinski definition) is 5. The highest BCUT2D eigenvalue weighted by molar-refractivity contribution is 6.36. The van der Waals surface area contributed by atoms with Crippen LogP contribution in [0, 0.1) is 13.8 Å². The maximum Gasteiger partial charge on any atom is 0.280 e. The molecule has 184 valence electrons. The molecule has 0 bridgehead atoms. The summed E-state index contributed by atoms with van der Waals surface area (Å²) >= 11 is 18.6. The van der Waals surface area contributed by atoms with Crippen molar-refractivity contribution >= 4 is 46.9 Å². The Kier molecular flexibility index (Phi) is 9.26. The van der Waals surface area contributed by atoms with Gasteiger partial charge in [-0.15, -0.1) is 0 Å². The van der Waals surface area contributed by atoms with E-state index in [4.69, 9.17) is 49.0 Å². The molecule has 0 saturated heterocycles. The van der Waals surface area contributed by atoms with Crippen LogP contribution in [0.25, 0.3) is 0 Å². The maximum atomic E-state index is 12.4. The quantitative estimate of drug-likeness (QED) is 0.242. The predicted molar refractivity (Wildman–Crippen MR) is 141 cm³/mol. The summed E-state index contributed by atoms with van der Waals surface area (Å²) in [6, 6.07) is 14.1. The van der Waals surface area contributed by atoms with Gasteiger partial charge in [0.1, 0.15) is 12.4 Å². The molecule has 0 radical (unpaired) electrons.